The average Bonchev–Trinajstić information content (AvgIpc) is 3.37. The molecular weight excluding hydrogens is 636 g/mol. The molecule has 6 heteroatoms. The average molecular weight is 711 g/mol. The maximum Gasteiger partial charge on any atom is 0.306 e. The molecule has 5 rings (SSSR count). The number of fused-ring (bicyclic) bond motifs is 7. The van der Waals surface area contributed by atoms with Crippen molar-refractivity contribution in [1.29, 1.82) is 0 Å². The van der Waals surface area contributed by atoms with Crippen molar-refractivity contribution >= 4 is 17.9 Å². The van der Waals surface area contributed by atoms with Gasteiger partial charge in [0, 0.05) is 11.8 Å². The minimum Gasteiger partial charge on any atom is -0.481 e. The monoisotopic (exact) mass is 711 g/mol. The van der Waals surface area contributed by atoms with Crippen LogP contribution in [0.15, 0.2) is 12.2 Å². The van der Waals surface area contributed by atoms with E-state index in [-0.39, 0.29) is 63.4 Å². The first-order valence-corrected chi connectivity index (χ1v) is 20.6. The van der Waals surface area contributed by atoms with Crippen molar-refractivity contribution in [1.82, 2.24) is 0 Å². The van der Waals surface area contributed by atoms with E-state index in [9.17, 15) is 19.5 Å². The van der Waals surface area contributed by atoms with Crippen LogP contribution in [-0.2, 0) is 23.9 Å². The van der Waals surface area contributed by atoms with Gasteiger partial charge in [-0.2, -0.15) is 0 Å². The first-order chi connectivity index (χ1) is 23.4. The largest absolute Gasteiger partial charge is 0.481 e. The Morgan fingerprint density at radius 3 is 2.10 bits per heavy atom. The SMILES string of the molecule is C=C(C)[C@@H]1CC[C@]2(CCOC(=O)CCC(C)(C)C)CC[C@]3(C)[C@H](CC[C@@H]4[C@@]5(C)CC[C@H](OC(=O)CC(C)(C)CC(=O)O)C(C)(C)[C@@H]5CC[C@]43C)[C@@H]12. The Labute approximate surface area is 311 Å². The van der Waals surface area contributed by atoms with E-state index in [0.717, 1.165) is 32.1 Å². The summed E-state index contributed by atoms with van der Waals surface area (Å²) in [6.45, 7) is 30.2. The topological polar surface area (TPSA) is 89.9 Å². The zero-order valence-corrected chi connectivity index (χ0v) is 34.5. The van der Waals surface area contributed by atoms with Gasteiger partial charge in [-0.1, -0.05) is 81.4 Å². The van der Waals surface area contributed by atoms with Crippen LogP contribution in [0.1, 0.15) is 172 Å². The molecule has 0 unspecified atom stereocenters. The predicted octanol–water partition coefficient (Wildman–Crippen LogP) is 11.2. The summed E-state index contributed by atoms with van der Waals surface area (Å²) in [6, 6.07) is 0. The number of carboxylic acid groups (broad SMARTS) is 1. The van der Waals surface area contributed by atoms with Crippen molar-refractivity contribution in [3.05, 3.63) is 12.2 Å². The smallest absolute Gasteiger partial charge is 0.306 e. The van der Waals surface area contributed by atoms with E-state index >= 15 is 0 Å². The molecule has 0 aromatic carbocycles. The summed E-state index contributed by atoms with van der Waals surface area (Å²) in [4.78, 5) is 37.4. The van der Waals surface area contributed by atoms with Crippen molar-refractivity contribution in [2.24, 2.45) is 67.5 Å². The summed E-state index contributed by atoms with van der Waals surface area (Å²) >= 11 is 0. The second-order valence-electron chi connectivity index (χ2n) is 21.8. The molecule has 5 aliphatic rings. The van der Waals surface area contributed by atoms with Gasteiger partial charge in [0.05, 0.1) is 19.4 Å². The second kappa shape index (κ2) is 13.8. The van der Waals surface area contributed by atoms with Gasteiger partial charge in [0.2, 0.25) is 0 Å². The third-order valence-corrected chi connectivity index (χ3v) is 16.6. The molecular formula is C45H74O6. The fraction of sp³-hybridized carbons (Fsp3) is 0.889. The summed E-state index contributed by atoms with van der Waals surface area (Å²) in [7, 11) is 0. The summed E-state index contributed by atoms with van der Waals surface area (Å²) in [5.41, 5.74) is 1.57. The maximum atomic E-state index is 13.2. The Morgan fingerprint density at radius 2 is 1.47 bits per heavy atom. The minimum absolute atomic E-state index is 0.0413. The van der Waals surface area contributed by atoms with Crippen molar-refractivity contribution in [3.63, 3.8) is 0 Å². The number of aliphatic carboxylic acids is 1. The second-order valence-corrected chi connectivity index (χ2v) is 21.8. The standard InChI is InChI=1S/C45H74O6/c1-29(2)30-15-22-45(25-26-50-36(48)18-19-39(3,4)5)24-23-43(11)31(38(30)45)13-14-33-42(10)20-17-34(41(8,9)32(42)16-21-44(33,43)12)51-37(49)28-40(6,7)27-35(46)47/h30-34,38H,1,13-28H2,2-12H3,(H,46,47)/t30-,31+,32-,33+,34-,38+,42-,43+,44+,45+/m0/s1. The van der Waals surface area contributed by atoms with E-state index in [0.29, 0.717) is 42.6 Å². The maximum absolute atomic E-state index is 13.2. The van der Waals surface area contributed by atoms with Gasteiger partial charge in [-0.05, 0) is 146 Å². The van der Waals surface area contributed by atoms with E-state index in [1.54, 1.807) is 0 Å². The highest BCUT2D eigenvalue weighted by Crippen LogP contribution is 2.78. The fourth-order valence-electron chi connectivity index (χ4n) is 13.9. The molecule has 0 spiro atoms. The molecule has 0 bridgehead atoms. The normalized spacial score (nSPS) is 40.2. The number of carbonyl (C=O) groups excluding carboxylic acids is 2. The molecule has 0 radical (unpaired) electrons. The molecule has 1 N–H and O–H groups in total. The summed E-state index contributed by atoms with van der Waals surface area (Å²) in [5.74, 6) is 1.70. The van der Waals surface area contributed by atoms with E-state index < -0.39 is 11.4 Å². The first-order valence-electron chi connectivity index (χ1n) is 20.6. The first kappa shape index (κ1) is 40.3. The fourth-order valence-corrected chi connectivity index (χ4v) is 13.9. The molecule has 0 heterocycles. The third-order valence-electron chi connectivity index (χ3n) is 16.6. The lowest BCUT2D eigenvalue weighted by Gasteiger charge is -2.73. The van der Waals surface area contributed by atoms with Gasteiger partial charge in [-0.25, -0.2) is 0 Å². The lowest BCUT2D eigenvalue weighted by atomic mass is 9.32. The van der Waals surface area contributed by atoms with Gasteiger partial charge in [0.25, 0.3) is 0 Å². The molecule has 0 saturated heterocycles. The van der Waals surface area contributed by atoms with Gasteiger partial charge in [0.1, 0.15) is 6.10 Å². The van der Waals surface area contributed by atoms with Gasteiger partial charge < -0.3 is 14.6 Å². The minimum atomic E-state index is -0.880. The summed E-state index contributed by atoms with van der Waals surface area (Å²) in [5, 5.41) is 9.34. The van der Waals surface area contributed by atoms with Crippen LogP contribution in [0.3, 0.4) is 0 Å². The lowest BCUT2D eigenvalue weighted by Crippen LogP contribution is -2.66. The number of allylic oxidation sites excluding steroid dienone is 1. The van der Waals surface area contributed by atoms with Crippen LogP contribution in [0.4, 0.5) is 0 Å². The van der Waals surface area contributed by atoms with Crippen LogP contribution >= 0.6 is 0 Å². The van der Waals surface area contributed by atoms with Crippen LogP contribution in [0.25, 0.3) is 0 Å². The van der Waals surface area contributed by atoms with Crippen molar-refractivity contribution in [2.75, 3.05) is 6.61 Å². The van der Waals surface area contributed by atoms with Crippen molar-refractivity contribution < 1.29 is 29.0 Å². The zero-order valence-electron chi connectivity index (χ0n) is 34.5. The van der Waals surface area contributed by atoms with E-state index in [2.05, 4.69) is 68.9 Å². The van der Waals surface area contributed by atoms with Crippen molar-refractivity contribution in [3.8, 4) is 0 Å². The Bertz CT molecular complexity index is 1350. The number of ether oxygens (including phenoxy) is 2. The highest BCUT2D eigenvalue weighted by Gasteiger charge is 2.71. The quantitative estimate of drug-likeness (QED) is 0.170. The van der Waals surface area contributed by atoms with Crippen LogP contribution in [-0.4, -0.2) is 35.7 Å². The van der Waals surface area contributed by atoms with E-state index in [4.69, 9.17) is 9.47 Å². The molecule has 5 aliphatic carbocycles. The van der Waals surface area contributed by atoms with E-state index in [1.165, 1.54) is 50.5 Å². The van der Waals surface area contributed by atoms with Crippen LogP contribution in [0.2, 0.25) is 0 Å². The van der Waals surface area contributed by atoms with E-state index in [1.807, 2.05) is 13.8 Å². The van der Waals surface area contributed by atoms with Crippen molar-refractivity contribution in [2.45, 2.75) is 179 Å². The summed E-state index contributed by atoms with van der Waals surface area (Å²) < 4.78 is 12.2. The van der Waals surface area contributed by atoms with Gasteiger partial charge in [-0.3, -0.25) is 14.4 Å². The molecule has 10 atom stereocenters. The van der Waals surface area contributed by atoms with Gasteiger partial charge in [0.15, 0.2) is 0 Å². The van der Waals surface area contributed by atoms with Crippen LogP contribution in [0.5, 0.6) is 0 Å². The molecule has 0 aromatic heterocycles. The third kappa shape index (κ3) is 7.35. The number of carboxylic acids is 1. The Hall–Kier alpha value is -1.85. The Morgan fingerprint density at radius 1 is 0.784 bits per heavy atom. The number of hydrogen-bond acceptors (Lipinski definition) is 5. The van der Waals surface area contributed by atoms with Gasteiger partial charge in [-0.15, -0.1) is 0 Å². The predicted molar refractivity (Wildman–Crippen MR) is 204 cm³/mol. The molecule has 5 fully saturated rings. The molecule has 0 aromatic rings. The van der Waals surface area contributed by atoms with Crippen LogP contribution < -0.4 is 0 Å². The Kier molecular flexibility index (Phi) is 10.9. The highest BCUT2D eigenvalue weighted by molar-refractivity contribution is 5.73. The number of esters is 2. The highest BCUT2D eigenvalue weighted by atomic mass is 16.5. The number of carbonyl (C=O) groups is 3. The molecule has 0 amide bonds. The summed E-state index contributed by atoms with van der Waals surface area (Å²) in [6.07, 6.45) is 14.0. The molecule has 0 aliphatic heterocycles. The molecule has 51 heavy (non-hydrogen) atoms. The molecule has 6 nitrogen and oxygen atoms in total. The lowest BCUT2D eigenvalue weighted by molar-refractivity contribution is -0.251. The Balaban J connectivity index is 1.33. The zero-order chi connectivity index (χ0) is 38.0. The van der Waals surface area contributed by atoms with Crippen LogP contribution in [0, 0.1) is 67.5 Å². The number of rotatable bonds is 11. The molecule has 290 valence electrons. The molecule has 5 saturated carbocycles. The number of hydrogen-bond donors (Lipinski definition) is 1. The van der Waals surface area contributed by atoms with Gasteiger partial charge >= 0.3 is 17.9 Å².